The van der Waals surface area contributed by atoms with Crippen LogP contribution in [0, 0.1) is 12.7 Å². The molecule has 0 spiro atoms. The van der Waals surface area contributed by atoms with Crippen molar-refractivity contribution in [1.29, 1.82) is 0 Å². The first-order valence-corrected chi connectivity index (χ1v) is 6.18. The molecule has 1 heterocycles. The van der Waals surface area contributed by atoms with Gasteiger partial charge in [-0.25, -0.2) is 4.39 Å². The van der Waals surface area contributed by atoms with Gasteiger partial charge in [-0.3, -0.25) is 4.98 Å². The van der Waals surface area contributed by atoms with Gasteiger partial charge < -0.3 is 9.84 Å². The van der Waals surface area contributed by atoms with Crippen molar-refractivity contribution in [2.75, 3.05) is 0 Å². The molecule has 1 aromatic carbocycles. The van der Waals surface area contributed by atoms with Crippen molar-refractivity contribution in [2.24, 2.45) is 0 Å². The first-order chi connectivity index (χ1) is 9.10. The van der Waals surface area contributed by atoms with E-state index in [0.29, 0.717) is 23.6 Å². The fourth-order valence-corrected chi connectivity index (χ4v) is 1.71. The van der Waals surface area contributed by atoms with Gasteiger partial charge in [0.05, 0.1) is 18.0 Å². The summed E-state index contributed by atoms with van der Waals surface area (Å²) in [6, 6.07) is 7.81. The van der Waals surface area contributed by atoms with Crippen molar-refractivity contribution in [2.45, 2.75) is 26.4 Å². The maximum absolute atomic E-state index is 13.0. The Hall–Kier alpha value is -1.94. The van der Waals surface area contributed by atoms with E-state index >= 15 is 0 Å². The van der Waals surface area contributed by atoms with Crippen molar-refractivity contribution in [1.82, 2.24) is 4.98 Å². The summed E-state index contributed by atoms with van der Waals surface area (Å²) in [5.74, 6) is 0.859. The van der Waals surface area contributed by atoms with Crippen LogP contribution in [0.3, 0.4) is 0 Å². The third-order valence-electron chi connectivity index (χ3n) is 2.85. The minimum absolute atomic E-state index is 0.288. The number of rotatable bonds is 4. The number of hydrogen-bond donors (Lipinski definition) is 1. The second-order valence-electron chi connectivity index (χ2n) is 4.35. The lowest BCUT2D eigenvalue weighted by Crippen LogP contribution is -1.98. The van der Waals surface area contributed by atoms with Crippen LogP contribution in [0.15, 0.2) is 36.5 Å². The number of benzene rings is 1. The van der Waals surface area contributed by atoms with Gasteiger partial charge in [0.15, 0.2) is 0 Å². The molecule has 3 nitrogen and oxygen atoms in total. The summed E-state index contributed by atoms with van der Waals surface area (Å²) < 4.78 is 18.6. The Kier molecular flexibility index (Phi) is 4.12. The fraction of sp³-hybridized carbons (Fsp3) is 0.267. The fourth-order valence-electron chi connectivity index (χ4n) is 1.71. The van der Waals surface area contributed by atoms with E-state index in [-0.39, 0.29) is 5.82 Å². The predicted molar refractivity (Wildman–Crippen MR) is 70.7 cm³/mol. The molecule has 0 radical (unpaired) electrons. The van der Waals surface area contributed by atoms with Crippen molar-refractivity contribution in [3.05, 3.63) is 53.6 Å². The highest BCUT2D eigenvalue weighted by atomic mass is 19.1. The number of aromatic nitrogens is 1. The van der Waals surface area contributed by atoms with Gasteiger partial charge in [-0.15, -0.1) is 0 Å². The highest BCUT2D eigenvalue weighted by Crippen LogP contribution is 2.25. The highest BCUT2D eigenvalue weighted by molar-refractivity contribution is 5.36. The lowest BCUT2D eigenvalue weighted by Gasteiger charge is -2.10. The molecule has 1 aromatic heterocycles. The van der Waals surface area contributed by atoms with E-state index in [9.17, 15) is 9.50 Å². The van der Waals surface area contributed by atoms with Gasteiger partial charge in [0, 0.05) is 0 Å². The Morgan fingerprint density at radius 3 is 2.68 bits per heavy atom. The van der Waals surface area contributed by atoms with E-state index in [2.05, 4.69) is 4.98 Å². The zero-order chi connectivity index (χ0) is 13.8. The number of pyridine rings is 1. The van der Waals surface area contributed by atoms with Crippen LogP contribution in [-0.2, 0) is 0 Å². The molecule has 1 atom stereocenters. The molecule has 0 aliphatic carbocycles. The summed E-state index contributed by atoms with van der Waals surface area (Å²) in [6.07, 6.45) is 1.61. The molecule has 1 unspecified atom stereocenters. The van der Waals surface area contributed by atoms with Crippen LogP contribution in [0.4, 0.5) is 4.39 Å². The number of aryl methyl sites for hydroxylation is 1. The third kappa shape index (κ3) is 3.29. The Balaban J connectivity index is 2.15. The van der Waals surface area contributed by atoms with E-state index in [1.807, 2.05) is 6.92 Å². The van der Waals surface area contributed by atoms with Crippen LogP contribution in [0.25, 0.3) is 0 Å². The molecule has 0 saturated heterocycles. The number of ether oxygens (including phenoxy) is 1. The third-order valence-corrected chi connectivity index (χ3v) is 2.85. The Bertz CT molecular complexity index is 555. The molecule has 1 N–H and O–H groups in total. The van der Waals surface area contributed by atoms with Crippen LogP contribution < -0.4 is 4.74 Å². The van der Waals surface area contributed by atoms with Crippen molar-refractivity contribution < 1.29 is 14.2 Å². The highest BCUT2D eigenvalue weighted by Gasteiger charge is 2.07. The Morgan fingerprint density at radius 1 is 1.32 bits per heavy atom. The normalized spacial score (nSPS) is 12.2. The van der Waals surface area contributed by atoms with Gasteiger partial charge >= 0.3 is 0 Å². The average molecular weight is 261 g/mol. The summed E-state index contributed by atoms with van der Waals surface area (Å²) in [4.78, 5) is 4.14. The molecule has 2 aromatic rings. The maximum Gasteiger partial charge on any atom is 0.145 e. The summed E-state index contributed by atoms with van der Waals surface area (Å²) in [5.41, 5.74) is 1.34. The van der Waals surface area contributed by atoms with E-state index < -0.39 is 6.10 Å². The number of halogens is 1. The lowest BCUT2D eigenvalue weighted by atomic mass is 10.2. The standard InChI is InChI=1S/C15H16FNO2/c1-3-14(18)13-6-5-12(9-17-13)19-15-7-4-11(16)8-10(15)2/h4-9,14,18H,3H2,1-2H3. The molecule has 0 aliphatic rings. The quantitative estimate of drug-likeness (QED) is 0.911. The SMILES string of the molecule is CCC(O)c1ccc(Oc2ccc(F)cc2C)cn1. The van der Waals surface area contributed by atoms with Gasteiger partial charge in [-0.1, -0.05) is 6.92 Å². The summed E-state index contributed by atoms with van der Waals surface area (Å²) in [7, 11) is 0. The largest absolute Gasteiger partial charge is 0.455 e. The summed E-state index contributed by atoms with van der Waals surface area (Å²) in [5, 5.41) is 9.64. The number of aliphatic hydroxyl groups excluding tert-OH is 1. The molecule has 2 rings (SSSR count). The Labute approximate surface area is 111 Å². The average Bonchev–Trinajstić information content (AvgIpc) is 2.42. The maximum atomic E-state index is 13.0. The van der Waals surface area contributed by atoms with Gasteiger partial charge in [-0.05, 0) is 49.2 Å². The first kappa shape index (κ1) is 13.5. The molecule has 4 heteroatoms. The van der Waals surface area contributed by atoms with Crippen molar-refractivity contribution in [3.63, 3.8) is 0 Å². The van der Waals surface area contributed by atoms with Crippen LogP contribution in [-0.4, -0.2) is 10.1 Å². The van der Waals surface area contributed by atoms with Crippen molar-refractivity contribution in [3.8, 4) is 11.5 Å². The lowest BCUT2D eigenvalue weighted by molar-refractivity contribution is 0.169. The topological polar surface area (TPSA) is 42.4 Å². The molecule has 0 amide bonds. The van der Waals surface area contributed by atoms with Crippen LogP contribution >= 0.6 is 0 Å². The molecule has 0 saturated carbocycles. The predicted octanol–water partition coefficient (Wildman–Crippen LogP) is 3.76. The van der Waals surface area contributed by atoms with E-state index in [4.69, 9.17) is 4.74 Å². The molecule has 0 bridgehead atoms. The van der Waals surface area contributed by atoms with Crippen molar-refractivity contribution >= 4 is 0 Å². The van der Waals surface area contributed by atoms with Gasteiger partial charge in [0.25, 0.3) is 0 Å². The zero-order valence-electron chi connectivity index (χ0n) is 10.9. The van der Waals surface area contributed by atoms with E-state index in [1.165, 1.54) is 12.1 Å². The molecular formula is C15H16FNO2. The summed E-state index contributed by atoms with van der Waals surface area (Å²) in [6.45, 7) is 3.67. The van der Waals surface area contributed by atoms with Crippen LogP contribution in [0.2, 0.25) is 0 Å². The van der Waals surface area contributed by atoms with Crippen LogP contribution in [0.1, 0.15) is 30.7 Å². The number of hydrogen-bond acceptors (Lipinski definition) is 3. The number of nitrogens with zero attached hydrogens (tertiary/aromatic N) is 1. The van der Waals surface area contributed by atoms with Gasteiger partial charge in [-0.2, -0.15) is 0 Å². The number of aliphatic hydroxyl groups is 1. The monoisotopic (exact) mass is 261 g/mol. The second kappa shape index (κ2) is 5.80. The van der Waals surface area contributed by atoms with E-state index in [1.54, 1.807) is 31.3 Å². The van der Waals surface area contributed by atoms with Gasteiger partial charge in [0.1, 0.15) is 17.3 Å². The minimum atomic E-state index is -0.554. The molecule has 0 aliphatic heterocycles. The first-order valence-electron chi connectivity index (χ1n) is 6.18. The van der Waals surface area contributed by atoms with Crippen LogP contribution in [0.5, 0.6) is 11.5 Å². The minimum Gasteiger partial charge on any atom is -0.455 e. The summed E-state index contributed by atoms with van der Waals surface area (Å²) >= 11 is 0. The Morgan fingerprint density at radius 2 is 2.11 bits per heavy atom. The molecule has 100 valence electrons. The second-order valence-corrected chi connectivity index (χ2v) is 4.35. The smallest absolute Gasteiger partial charge is 0.145 e. The van der Waals surface area contributed by atoms with Gasteiger partial charge in [0.2, 0.25) is 0 Å². The zero-order valence-corrected chi connectivity index (χ0v) is 10.9. The molecule has 19 heavy (non-hydrogen) atoms. The van der Waals surface area contributed by atoms with E-state index in [0.717, 1.165) is 5.56 Å². The molecule has 0 fully saturated rings. The molecular weight excluding hydrogens is 245 g/mol.